The lowest BCUT2D eigenvalue weighted by Gasteiger charge is -2.07. The number of amides is 1. The van der Waals surface area contributed by atoms with Crippen molar-refractivity contribution in [2.75, 3.05) is 6.54 Å². The molecule has 0 unspecified atom stereocenters. The van der Waals surface area contributed by atoms with Gasteiger partial charge in [0.2, 0.25) is 0 Å². The molecule has 0 aromatic heterocycles. The second kappa shape index (κ2) is 14.8. The van der Waals surface area contributed by atoms with Crippen LogP contribution in [0.2, 0.25) is 0 Å². The van der Waals surface area contributed by atoms with E-state index in [1.54, 1.807) is 0 Å². The first-order valence-corrected chi connectivity index (χ1v) is 11.7. The summed E-state index contributed by atoms with van der Waals surface area (Å²) in [7, 11) is 0. The van der Waals surface area contributed by atoms with E-state index in [1.165, 1.54) is 76.2 Å². The highest BCUT2D eigenvalue weighted by molar-refractivity contribution is 5.94. The topological polar surface area (TPSA) is 29.1 Å². The number of nitrogens with one attached hydrogen (secondary N) is 1. The fourth-order valence-electron chi connectivity index (χ4n) is 3.71. The van der Waals surface area contributed by atoms with Gasteiger partial charge in [0.05, 0.1) is 0 Å². The van der Waals surface area contributed by atoms with E-state index in [1.807, 2.05) is 42.5 Å². The van der Waals surface area contributed by atoms with Crippen LogP contribution in [0.1, 0.15) is 94.3 Å². The van der Waals surface area contributed by atoms with Gasteiger partial charge in [-0.25, -0.2) is 0 Å². The van der Waals surface area contributed by atoms with Crippen LogP contribution in [0.5, 0.6) is 0 Å². The molecule has 158 valence electrons. The van der Waals surface area contributed by atoms with Crippen LogP contribution in [0, 0.1) is 0 Å². The number of benzene rings is 2. The number of unbranched alkanes of at least 4 members (excludes halogenated alkanes) is 11. The lowest BCUT2D eigenvalue weighted by atomic mass is 10.0. The van der Waals surface area contributed by atoms with Crippen LogP contribution in [0.25, 0.3) is 11.1 Å². The van der Waals surface area contributed by atoms with Crippen molar-refractivity contribution < 1.29 is 4.79 Å². The molecule has 29 heavy (non-hydrogen) atoms. The maximum atomic E-state index is 12.3. The van der Waals surface area contributed by atoms with E-state index in [0.29, 0.717) is 0 Å². The quantitative estimate of drug-likeness (QED) is 0.307. The van der Waals surface area contributed by atoms with Gasteiger partial charge in [0.1, 0.15) is 0 Å². The summed E-state index contributed by atoms with van der Waals surface area (Å²) in [5.74, 6) is 0.0349. The van der Waals surface area contributed by atoms with Crippen LogP contribution >= 0.6 is 0 Å². The Balaban J connectivity index is 1.49. The predicted octanol–water partition coefficient (Wildman–Crippen LogP) is 7.78. The van der Waals surface area contributed by atoms with Crippen molar-refractivity contribution in [1.29, 1.82) is 0 Å². The van der Waals surface area contributed by atoms with Gasteiger partial charge in [-0.2, -0.15) is 0 Å². The molecule has 0 aliphatic heterocycles. The Morgan fingerprint density at radius 1 is 0.621 bits per heavy atom. The molecule has 0 saturated carbocycles. The molecular formula is C27H39NO. The van der Waals surface area contributed by atoms with Crippen LogP contribution in [0.4, 0.5) is 0 Å². The Bertz CT molecular complexity index is 663. The van der Waals surface area contributed by atoms with Crippen molar-refractivity contribution in [2.45, 2.75) is 84.0 Å². The molecule has 0 heterocycles. The summed E-state index contributed by atoms with van der Waals surface area (Å²) in [6.07, 6.45) is 16.1. The van der Waals surface area contributed by atoms with Gasteiger partial charge in [-0.3, -0.25) is 4.79 Å². The van der Waals surface area contributed by atoms with Crippen molar-refractivity contribution in [3.05, 3.63) is 60.2 Å². The van der Waals surface area contributed by atoms with Crippen molar-refractivity contribution in [1.82, 2.24) is 5.32 Å². The fraction of sp³-hybridized carbons (Fsp3) is 0.519. The number of rotatable bonds is 15. The zero-order chi connectivity index (χ0) is 20.6. The Labute approximate surface area is 178 Å². The summed E-state index contributed by atoms with van der Waals surface area (Å²) in [5.41, 5.74) is 3.06. The van der Waals surface area contributed by atoms with Crippen LogP contribution in [0.15, 0.2) is 54.6 Å². The molecule has 0 radical (unpaired) electrons. The summed E-state index contributed by atoms with van der Waals surface area (Å²) in [6, 6.07) is 18.1. The van der Waals surface area contributed by atoms with E-state index < -0.39 is 0 Å². The summed E-state index contributed by atoms with van der Waals surface area (Å²) in [6.45, 7) is 3.05. The molecular weight excluding hydrogens is 354 g/mol. The third kappa shape index (κ3) is 9.78. The number of carbonyl (C=O) groups excluding carboxylic acids is 1. The molecule has 2 aromatic rings. The highest BCUT2D eigenvalue weighted by Gasteiger charge is 2.05. The predicted molar refractivity (Wildman–Crippen MR) is 125 cm³/mol. The minimum absolute atomic E-state index is 0.0349. The van der Waals surface area contributed by atoms with Gasteiger partial charge < -0.3 is 5.32 Å². The van der Waals surface area contributed by atoms with Gasteiger partial charge in [0.15, 0.2) is 0 Å². The Morgan fingerprint density at radius 3 is 1.66 bits per heavy atom. The van der Waals surface area contributed by atoms with E-state index in [9.17, 15) is 4.79 Å². The fourth-order valence-corrected chi connectivity index (χ4v) is 3.71. The lowest BCUT2D eigenvalue weighted by Crippen LogP contribution is -2.24. The van der Waals surface area contributed by atoms with Crippen LogP contribution < -0.4 is 5.32 Å². The molecule has 0 fully saturated rings. The largest absolute Gasteiger partial charge is 0.352 e. The average Bonchev–Trinajstić information content (AvgIpc) is 2.77. The van der Waals surface area contributed by atoms with Crippen LogP contribution in [-0.4, -0.2) is 12.5 Å². The summed E-state index contributed by atoms with van der Waals surface area (Å²) in [4.78, 5) is 12.3. The highest BCUT2D eigenvalue weighted by Crippen LogP contribution is 2.19. The first-order chi connectivity index (χ1) is 14.3. The Kier molecular flexibility index (Phi) is 11.9. The molecule has 0 aliphatic carbocycles. The SMILES string of the molecule is CCCCCCCCCCCCCCNC(=O)c1ccc(-c2ccccc2)cc1. The van der Waals surface area contributed by atoms with E-state index in [0.717, 1.165) is 24.1 Å². The summed E-state index contributed by atoms with van der Waals surface area (Å²) >= 11 is 0. The monoisotopic (exact) mass is 393 g/mol. The van der Waals surface area contributed by atoms with Gasteiger partial charge >= 0.3 is 0 Å². The smallest absolute Gasteiger partial charge is 0.251 e. The molecule has 0 aliphatic rings. The average molecular weight is 394 g/mol. The van der Waals surface area contributed by atoms with E-state index in [2.05, 4.69) is 24.4 Å². The molecule has 1 N–H and O–H groups in total. The van der Waals surface area contributed by atoms with E-state index >= 15 is 0 Å². The molecule has 1 amide bonds. The standard InChI is InChI=1S/C27H39NO/c1-2-3-4-5-6-7-8-9-10-11-12-16-23-28-27(29)26-21-19-25(20-22-26)24-17-14-13-15-18-24/h13-15,17-22H,2-12,16,23H2,1H3,(H,28,29). The molecule has 2 aromatic carbocycles. The number of hydrogen-bond donors (Lipinski definition) is 1. The van der Waals surface area contributed by atoms with E-state index in [-0.39, 0.29) is 5.91 Å². The molecule has 0 bridgehead atoms. The molecule has 2 nitrogen and oxygen atoms in total. The second-order valence-corrected chi connectivity index (χ2v) is 8.09. The molecule has 0 atom stereocenters. The van der Waals surface area contributed by atoms with E-state index in [4.69, 9.17) is 0 Å². The van der Waals surface area contributed by atoms with Gasteiger partial charge in [-0.1, -0.05) is 120 Å². The van der Waals surface area contributed by atoms with Gasteiger partial charge in [0, 0.05) is 12.1 Å². The maximum Gasteiger partial charge on any atom is 0.251 e. The first-order valence-electron chi connectivity index (χ1n) is 11.7. The second-order valence-electron chi connectivity index (χ2n) is 8.09. The number of hydrogen-bond acceptors (Lipinski definition) is 1. The maximum absolute atomic E-state index is 12.3. The van der Waals surface area contributed by atoms with Crippen molar-refractivity contribution in [3.8, 4) is 11.1 Å². The highest BCUT2D eigenvalue weighted by atomic mass is 16.1. The van der Waals surface area contributed by atoms with Crippen molar-refractivity contribution >= 4 is 5.91 Å². The molecule has 0 saturated heterocycles. The first kappa shape index (κ1) is 23.2. The minimum atomic E-state index is 0.0349. The normalized spacial score (nSPS) is 10.8. The minimum Gasteiger partial charge on any atom is -0.352 e. The van der Waals surface area contributed by atoms with Gasteiger partial charge in [0.25, 0.3) is 5.91 Å². The summed E-state index contributed by atoms with van der Waals surface area (Å²) in [5, 5.41) is 3.05. The molecule has 2 heteroatoms. The zero-order valence-corrected chi connectivity index (χ0v) is 18.3. The lowest BCUT2D eigenvalue weighted by molar-refractivity contribution is 0.0953. The molecule has 0 spiro atoms. The van der Waals surface area contributed by atoms with Gasteiger partial charge in [-0.15, -0.1) is 0 Å². The van der Waals surface area contributed by atoms with Crippen molar-refractivity contribution in [3.63, 3.8) is 0 Å². The summed E-state index contributed by atoms with van der Waals surface area (Å²) < 4.78 is 0. The number of carbonyl (C=O) groups is 1. The zero-order valence-electron chi connectivity index (χ0n) is 18.3. The van der Waals surface area contributed by atoms with Crippen LogP contribution in [-0.2, 0) is 0 Å². The third-order valence-corrected chi connectivity index (χ3v) is 5.57. The van der Waals surface area contributed by atoms with Gasteiger partial charge in [-0.05, 0) is 29.7 Å². The van der Waals surface area contributed by atoms with Crippen molar-refractivity contribution in [2.24, 2.45) is 0 Å². The Morgan fingerprint density at radius 2 is 1.10 bits per heavy atom. The molecule has 2 rings (SSSR count). The Hall–Kier alpha value is -2.09. The van der Waals surface area contributed by atoms with Crippen LogP contribution in [0.3, 0.4) is 0 Å². The third-order valence-electron chi connectivity index (χ3n) is 5.57.